The highest BCUT2D eigenvalue weighted by Gasteiger charge is 2.25. The van der Waals surface area contributed by atoms with Gasteiger partial charge < -0.3 is 14.4 Å². The third-order valence-electron chi connectivity index (χ3n) is 10.2. The van der Waals surface area contributed by atoms with Crippen molar-refractivity contribution < 1.29 is 9.47 Å². The molecule has 43 heavy (non-hydrogen) atoms. The van der Waals surface area contributed by atoms with Gasteiger partial charge in [-0.05, 0) is 78.8 Å². The second-order valence-electron chi connectivity index (χ2n) is 15.0. The Kier molecular flexibility index (Phi) is 29.2. The van der Waals surface area contributed by atoms with Gasteiger partial charge in [-0.2, -0.15) is 0 Å². The number of methoxy groups -OCH3 is 1. The SMILES string of the molecule is CCCCCCCCCCCCC(CCCCCCCCCCCC)CN(C)CCCC(C)(CC)OCCC(C)(C)OC. The van der Waals surface area contributed by atoms with Gasteiger partial charge in [0.15, 0.2) is 0 Å². The van der Waals surface area contributed by atoms with E-state index in [0.29, 0.717) is 0 Å². The van der Waals surface area contributed by atoms with Crippen LogP contribution in [0.4, 0.5) is 0 Å². The molecule has 0 saturated heterocycles. The molecule has 1 unspecified atom stereocenters. The van der Waals surface area contributed by atoms with Crippen LogP contribution in [-0.4, -0.2) is 50.0 Å². The van der Waals surface area contributed by atoms with Gasteiger partial charge in [0.25, 0.3) is 0 Å². The standard InChI is InChI=1S/C40H83NO2/c1-9-12-14-16-18-20-22-24-26-28-31-38(32-29-27-25-23-21-19-17-15-13-10-2)37-41(7)35-30-33-40(6,11-3)43-36-34-39(4,5)42-8/h38H,9-37H2,1-8H3. The summed E-state index contributed by atoms with van der Waals surface area (Å²) in [6.45, 7) is 16.8. The molecule has 0 aliphatic rings. The van der Waals surface area contributed by atoms with E-state index in [1.807, 2.05) is 0 Å². The summed E-state index contributed by atoms with van der Waals surface area (Å²) in [5.74, 6) is 0.873. The van der Waals surface area contributed by atoms with E-state index in [9.17, 15) is 0 Å². The molecule has 0 saturated carbocycles. The van der Waals surface area contributed by atoms with E-state index in [4.69, 9.17) is 9.47 Å². The van der Waals surface area contributed by atoms with Crippen molar-refractivity contribution in [1.29, 1.82) is 0 Å². The molecule has 0 radical (unpaired) electrons. The number of hydrogen-bond acceptors (Lipinski definition) is 3. The van der Waals surface area contributed by atoms with Gasteiger partial charge in [0, 0.05) is 13.7 Å². The van der Waals surface area contributed by atoms with Crippen LogP contribution in [0.5, 0.6) is 0 Å². The van der Waals surface area contributed by atoms with Crippen LogP contribution < -0.4 is 0 Å². The predicted molar refractivity (Wildman–Crippen MR) is 193 cm³/mol. The predicted octanol–water partition coefficient (Wildman–Crippen LogP) is 12.9. The third kappa shape index (κ3) is 27.9. The van der Waals surface area contributed by atoms with Gasteiger partial charge in [0.1, 0.15) is 0 Å². The molecule has 0 bridgehead atoms. The molecule has 3 nitrogen and oxygen atoms in total. The highest BCUT2D eigenvalue weighted by Crippen LogP contribution is 2.25. The third-order valence-corrected chi connectivity index (χ3v) is 10.2. The molecule has 0 rings (SSSR count). The van der Waals surface area contributed by atoms with E-state index in [1.54, 1.807) is 7.11 Å². The molecule has 0 spiro atoms. The van der Waals surface area contributed by atoms with Crippen LogP contribution >= 0.6 is 0 Å². The van der Waals surface area contributed by atoms with Gasteiger partial charge in [-0.15, -0.1) is 0 Å². The molecule has 1 atom stereocenters. The Morgan fingerprint density at radius 1 is 0.558 bits per heavy atom. The number of rotatable bonds is 34. The zero-order valence-electron chi connectivity index (χ0n) is 31.3. The summed E-state index contributed by atoms with van der Waals surface area (Å²) in [7, 11) is 4.17. The Balaban J connectivity index is 4.44. The minimum absolute atomic E-state index is 0.0178. The highest BCUT2D eigenvalue weighted by atomic mass is 16.5. The monoisotopic (exact) mass is 610 g/mol. The molecule has 0 aliphatic heterocycles. The molecule has 3 heteroatoms. The average Bonchev–Trinajstić information content (AvgIpc) is 2.98. The summed E-state index contributed by atoms with van der Waals surface area (Å²) in [4.78, 5) is 2.64. The molecule has 0 heterocycles. The Morgan fingerprint density at radius 2 is 0.977 bits per heavy atom. The summed E-state index contributed by atoms with van der Waals surface area (Å²) < 4.78 is 12.0. The summed E-state index contributed by atoms with van der Waals surface area (Å²) >= 11 is 0. The maximum atomic E-state index is 6.42. The Labute approximate surface area is 273 Å². The largest absolute Gasteiger partial charge is 0.379 e. The van der Waals surface area contributed by atoms with E-state index in [1.165, 1.54) is 161 Å². The molecule has 0 aromatic rings. The smallest absolute Gasteiger partial charge is 0.0652 e. The van der Waals surface area contributed by atoms with Gasteiger partial charge in [0.05, 0.1) is 17.8 Å². The summed E-state index contributed by atoms with van der Waals surface area (Å²) in [6, 6.07) is 0. The van der Waals surface area contributed by atoms with Gasteiger partial charge in [0.2, 0.25) is 0 Å². The first-order valence-electron chi connectivity index (χ1n) is 19.6. The van der Waals surface area contributed by atoms with Crippen LogP contribution in [0, 0.1) is 5.92 Å². The molecule has 0 aliphatic carbocycles. The molecule has 0 aromatic heterocycles. The average molecular weight is 610 g/mol. The van der Waals surface area contributed by atoms with E-state index in [-0.39, 0.29) is 11.2 Å². The second kappa shape index (κ2) is 29.3. The number of unbranched alkanes of at least 4 members (excludes halogenated alkanes) is 18. The van der Waals surface area contributed by atoms with Crippen molar-refractivity contribution in [2.75, 3.05) is 33.9 Å². The fourth-order valence-corrected chi connectivity index (χ4v) is 6.42. The van der Waals surface area contributed by atoms with Crippen LogP contribution in [-0.2, 0) is 9.47 Å². The first-order chi connectivity index (χ1) is 20.7. The molecule has 0 fully saturated rings. The zero-order valence-corrected chi connectivity index (χ0v) is 31.3. The molecular formula is C40H83NO2. The van der Waals surface area contributed by atoms with Crippen LogP contribution in [0.1, 0.15) is 208 Å². The normalized spacial score (nSPS) is 13.8. The lowest BCUT2D eigenvalue weighted by Crippen LogP contribution is -2.33. The van der Waals surface area contributed by atoms with Crippen LogP contribution in [0.15, 0.2) is 0 Å². The van der Waals surface area contributed by atoms with Crippen molar-refractivity contribution in [3.05, 3.63) is 0 Å². The summed E-state index contributed by atoms with van der Waals surface area (Å²) in [6.07, 6.45) is 36.0. The fraction of sp³-hybridized carbons (Fsp3) is 1.00. The van der Waals surface area contributed by atoms with E-state index in [0.717, 1.165) is 31.8 Å². The topological polar surface area (TPSA) is 21.7 Å². The minimum atomic E-state index is -0.105. The van der Waals surface area contributed by atoms with E-state index >= 15 is 0 Å². The Hall–Kier alpha value is -0.120. The van der Waals surface area contributed by atoms with Crippen molar-refractivity contribution in [1.82, 2.24) is 4.90 Å². The van der Waals surface area contributed by atoms with Gasteiger partial charge in [-0.1, -0.05) is 149 Å². The lowest BCUT2D eigenvalue weighted by atomic mass is 9.93. The van der Waals surface area contributed by atoms with Crippen molar-refractivity contribution >= 4 is 0 Å². The summed E-state index contributed by atoms with van der Waals surface area (Å²) in [5.41, 5.74) is -0.123. The Morgan fingerprint density at radius 3 is 1.37 bits per heavy atom. The van der Waals surface area contributed by atoms with Gasteiger partial charge in [-0.25, -0.2) is 0 Å². The lowest BCUT2D eigenvalue weighted by Gasteiger charge is -2.32. The first kappa shape index (κ1) is 42.9. The molecular weight excluding hydrogens is 526 g/mol. The Bertz CT molecular complexity index is 541. The quantitative estimate of drug-likeness (QED) is 0.0677. The number of nitrogens with zero attached hydrogens (tertiary/aromatic N) is 1. The van der Waals surface area contributed by atoms with Crippen molar-refractivity contribution in [2.45, 2.75) is 220 Å². The van der Waals surface area contributed by atoms with E-state index in [2.05, 4.69) is 53.5 Å². The zero-order chi connectivity index (χ0) is 32.1. The molecule has 0 aromatic carbocycles. The highest BCUT2D eigenvalue weighted by molar-refractivity contribution is 4.76. The number of hydrogen-bond donors (Lipinski definition) is 0. The van der Waals surface area contributed by atoms with Gasteiger partial charge >= 0.3 is 0 Å². The van der Waals surface area contributed by atoms with Crippen LogP contribution in [0.3, 0.4) is 0 Å². The van der Waals surface area contributed by atoms with Crippen LogP contribution in [0.25, 0.3) is 0 Å². The lowest BCUT2D eigenvalue weighted by molar-refractivity contribution is -0.0729. The maximum absolute atomic E-state index is 6.42. The minimum Gasteiger partial charge on any atom is -0.379 e. The van der Waals surface area contributed by atoms with Crippen molar-refractivity contribution in [2.24, 2.45) is 5.92 Å². The number of ether oxygens (including phenoxy) is 2. The van der Waals surface area contributed by atoms with E-state index < -0.39 is 0 Å². The fourth-order valence-electron chi connectivity index (χ4n) is 6.42. The van der Waals surface area contributed by atoms with Crippen molar-refractivity contribution in [3.63, 3.8) is 0 Å². The van der Waals surface area contributed by atoms with Crippen molar-refractivity contribution in [3.8, 4) is 0 Å². The second-order valence-corrected chi connectivity index (χ2v) is 15.0. The van der Waals surface area contributed by atoms with Gasteiger partial charge in [-0.3, -0.25) is 0 Å². The molecule has 260 valence electrons. The first-order valence-corrected chi connectivity index (χ1v) is 19.6. The summed E-state index contributed by atoms with van der Waals surface area (Å²) in [5, 5.41) is 0. The molecule has 0 N–H and O–H groups in total. The van der Waals surface area contributed by atoms with Crippen LogP contribution in [0.2, 0.25) is 0 Å². The maximum Gasteiger partial charge on any atom is 0.0652 e. The molecule has 0 amide bonds.